The van der Waals surface area contributed by atoms with E-state index in [-0.39, 0.29) is 12.3 Å². The summed E-state index contributed by atoms with van der Waals surface area (Å²) in [4.78, 5) is 53.1. The Hall–Kier alpha value is -4.34. The molecule has 38 heavy (non-hydrogen) atoms. The highest BCUT2D eigenvalue weighted by atomic mass is 16.6. The Kier molecular flexibility index (Phi) is 10.0. The summed E-state index contributed by atoms with van der Waals surface area (Å²) in [6.07, 6.45) is -0.0179. The molecule has 0 heterocycles. The van der Waals surface area contributed by atoms with Crippen LogP contribution in [0.1, 0.15) is 49.9 Å². The number of nitrogens with two attached hydrogens (primary N) is 1. The Labute approximate surface area is 222 Å². The molecule has 10 nitrogen and oxygen atoms in total. The Morgan fingerprint density at radius 2 is 1.66 bits per heavy atom. The number of nitrogens with zero attached hydrogens (tertiary/aromatic N) is 1. The number of amides is 4. The van der Waals surface area contributed by atoms with Crippen LogP contribution in [-0.4, -0.2) is 52.0 Å². The number of ether oxygens (including phenoxy) is 1. The minimum absolute atomic E-state index is 0.0255. The number of hydrogen-bond donors (Lipinski definition) is 4. The van der Waals surface area contributed by atoms with Gasteiger partial charge in [0, 0.05) is 12.2 Å². The van der Waals surface area contributed by atoms with Gasteiger partial charge in [0.1, 0.15) is 23.4 Å². The maximum atomic E-state index is 13.8. The van der Waals surface area contributed by atoms with Gasteiger partial charge < -0.3 is 31.1 Å². The average Bonchev–Trinajstić information content (AvgIpc) is 2.80. The van der Waals surface area contributed by atoms with E-state index in [0.717, 1.165) is 11.1 Å². The fourth-order valence-corrected chi connectivity index (χ4v) is 3.85. The molecule has 0 aliphatic rings. The highest BCUT2D eigenvalue weighted by Gasteiger charge is 2.36. The van der Waals surface area contributed by atoms with E-state index >= 15 is 0 Å². The Bertz CT molecular complexity index is 1170. The molecule has 204 valence electrons. The van der Waals surface area contributed by atoms with Crippen LogP contribution in [0, 0.1) is 13.8 Å². The highest BCUT2D eigenvalue weighted by Crippen LogP contribution is 2.28. The summed E-state index contributed by atoms with van der Waals surface area (Å²) in [5.41, 5.74) is 7.14. The third kappa shape index (κ3) is 8.36. The summed E-state index contributed by atoms with van der Waals surface area (Å²) < 4.78 is 5.25. The van der Waals surface area contributed by atoms with Crippen molar-refractivity contribution in [1.29, 1.82) is 0 Å². The number of primary amides is 1. The molecule has 0 saturated heterocycles. The number of alkyl carbamates (subject to hydrolysis) is 1. The number of rotatable bonds is 10. The second kappa shape index (κ2) is 12.8. The summed E-state index contributed by atoms with van der Waals surface area (Å²) >= 11 is 0. The zero-order valence-corrected chi connectivity index (χ0v) is 22.4. The van der Waals surface area contributed by atoms with Crippen LogP contribution >= 0.6 is 0 Å². The summed E-state index contributed by atoms with van der Waals surface area (Å²) in [6.45, 7) is 12.3. The van der Waals surface area contributed by atoms with Crippen molar-refractivity contribution < 1.29 is 29.0 Å². The van der Waals surface area contributed by atoms with Gasteiger partial charge in [-0.1, -0.05) is 36.4 Å². The van der Waals surface area contributed by atoms with E-state index in [9.17, 15) is 24.3 Å². The molecule has 0 spiro atoms. The van der Waals surface area contributed by atoms with E-state index in [1.165, 1.54) is 35.2 Å². The number of nitrogens with one attached hydrogen (secondary N) is 2. The van der Waals surface area contributed by atoms with E-state index in [4.69, 9.17) is 10.5 Å². The van der Waals surface area contributed by atoms with Gasteiger partial charge in [-0.2, -0.15) is 0 Å². The molecule has 2 rings (SSSR count). The van der Waals surface area contributed by atoms with Gasteiger partial charge in [0.2, 0.25) is 11.8 Å². The van der Waals surface area contributed by atoms with Gasteiger partial charge in [-0.25, -0.2) is 4.79 Å². The average molecular weight is 525 g/mol. The number of phenolic OH excluding ortho intramolecular Hbond substituents is 1. The number of aromatic hydroxyl groups is 1. The molecule has 2 aromatic rings. The van der Waals surface area contributed by atoms with Gasteiger partial charge >= 0.3 is 6.09 Å². The van der Waals surface area contributed by atoms with Gasteiger partial charge in [-0.15, -0.1) is 6.58 Å². The molecule has 10 heteroatoms. The predicted molar refractivity (Wildman–Crippen MR) is 144 cm³/mol. The lowest BCUT2D eigenvalue weighted by atomic mass is 10.0. The number of aryl methyl sites for hydroxylation is 2. The molecule has 0 aliphatic heterocycles. The maximum absolute atomic E-state index is 13.8. The molecule has 5 N–H and O–H groups in total. The molecule has 0 saturated carbocycles. The third-order valence-corrected chi connectivity index (χ3v) is 5.50. The SMILES string of the molecule is C=CCN(C(=O)C(CC(N)=O)NC(=O)OC(C)(C)C)C(C(=O)Nc1c(C)cccc1C)c1ccc(O)cc1. The number of carbonyl (C=O) groups excluding carboxylic acids is 4. The zero-order valence-electron chi connectivity index (χ0n) is 22.4. The van der Waals surface area contributed by atoms with Crippen LogP contribution in [0.15, 0.2) is 55.1 Å². The van der Waals surface area contributed by atoms with Crippen molar-refractivity contribution in [1.82, 2.24) is 10.2 Å². The molecule has 2 atom stereocenters. The van der Waals surface area contributed by atoms with Crippen molar-refractivity contribution in [3.8, 4) is 5.75 Å². The largest absolute Gasteiger partial charge is 0.508 e. The lowest BCUT2D eigenvalue weighted by Gasteiger charge is -2.33. The van der Waals surface area contributed by atoms with Gasteiger partial charge in [-0.3, -0.25) is 14.4 Å². The van der Waals surface area contributed by atoms with Gasteiger partial charge in [0.15, 0.2) is 0 Å². The highest BCUT2D eigenvalue weighted by molar-refractivity contribution is 6.00. The number of para-hydroxylation sites is 1. The fourth-order valence-electron chi connectivity index (χ4n) is 3.85. The van der Waals surface area contributed by atoms with Crippen LogP contribution in [-0.2, 0) is 19.1 Å². The second-order valence-electron chi connectivity index (χ2n) is 9.90. The summed E-state index contributed by atoms with van der Waals surface area (Å²) in [5, 5.41) is 15.1. The monoisotopic (exact) mass is 524 g/mol. The van der Waals surface area contributed by atoms with E-state index in [2.05, 4.69) is 17.2 Å². The van der Waals surface area contributed by atoms with E-state index in [0.29, 0.717) is 11.3 Å². The van der Waals surface area contributed by atoms with Crippen LogP contribution in [0.3, 0.4) is 0 Å². The number of anilines is 1. The standard InChI is InChI=1S/C28H36N4O6/c1-7-15-32(26(36)21(16-22(29)34)30-27(37)38-28(4,5)6)24(19-11-13-20(33)14-12-19)25(35)31-23-17(2)9-8-10-18(23)3/h7-14,21,24,33H,1,15-16H2,2-6H3,(H2,29,34)(H,30,37)(H,31,35). The molecule has 0 aliphatic carbocycles. The molecule has 0 radical (unpaired) electrons. The number of benzene rings is 2. The predicted octanol–water partition coefficient (Wildman–Crippen LogP) is 3.47. The van der Waals surface area contributed by atoms with Crippen LogP contribution in [0.2, 0.25) is 0 Å². The summed E-state index contributed by atoms with van der Waals surface area (Å²) in [7, 11) is 0. The van der Waals surface area contributed by atoms with E-state index in [1.807, 2.05) is 32.0 Å². The number of phenols is 1. The summed E-state index contributed by atoms with van der Waals surface area (Å²) in [5.74, 6) is -2.15. The van der Waals surface area contributed by atoms with Gasteiger partial charge in [0.05, 0.1) is 6.42 Å². The first-order valence-corrected chi connectivity index (χ1v) is 12.1. The van der Waals surface area contributed by atoms with Crippen LogP contribution in [0.25, 0.3) is 0 Å². The van der Waals surface area contributed by atoms with Crippen molar-refractivity contribution in [3.05, 3.63) is 71.8 Å². The fraction of sp³-hybridized carbons (Fsp3) is 0.357. The van der Waals surface area contributed by atoms with Crippen molar-refractivity contribution in [2.24, 2.45) is 5.73 Å². The Balaban J connectivity index is 2.54. The Morgan fingerprint density at radius 1 is 1.08 bits per heavy atom. The minimum atomic E-state index is -1.41. The van der Waals surface area contributed by atoms with Crippen molar-refractivity contribution in [2.75, 3.05) is 11.9 Å². The van der Waals surface area contributed by atoms with Crippen molar-refractivity contribution >= 4 is 29.5 Å². The molecule has 2 unspecified atom stereocenters. The first-order chi connectivity index (χ1) is 17.7. The first-order valence-electron chi connectivity index (χ1n) is 12.1. The van der Waals surface area contributed by atoms with Crippen LogP contribution in [0.5, 0.6) is 5.75 Å². The van der Waals surface area contributed by atoms with Gasteiger partial charge in [0.25, 0.3) is 5.91 Å². The summed E-state index contributed by atoms with van der Waals surface area (Å²) in [6, 6.07) is 8.75. The Morgan fingerprint density at radius 3 is 2.16 bits per heavy atom. The molecule has 4 amide bonds. The molecule has 2 aromatic carbocycles. The van der Waals surface area contributed by atoms with Crippen LogP contribution in [0.4, 0.5) is 10.5 Å². The molecular weight excluding hydrogens is 488 g/mol. The smallest absolute Gasteiger partial charge is 0.408 e. The maximum Gasteiger partial charge on any atom is 0.408 e. The lowest BCUT2D eigenvalue weighted by molar-refractivity contribution is -0.141. The quantitative estimate of drug-likeness (QED) is 0.349. The molecule has 0 fully saturated rings. The van der Waals surface area contributed by atoms with Gasteiger partial charge in [-0.05, 0) is 63.4 Å². The zero-order chi connectivity index (χ0) is 28.6. The molecule has 0 bridgehead atoms. The van der Waals surface area contributed by atoms with E-state index in [1.54, 1.807) is 20.8 Å². The van der Waals surface area contributed by atoms with Crippen LogP contribution < -0.4 is 16.4 Å². The topological polar surface area (TPSA) is 151 Å². The van der Waals surface area contributed by atoms with Crippen molar-refractivity contribution in [3.63, 3.8) is 0 Å². The molecular formula is C28H36N4O6. The minimum Gasteiger partial charge on any atom is -0.508 e. The lowest BCUT2D eigenvalue weighted by Crippen LogP contribution is -2.53. The normalized spacial score (nSPS) is 12.6. The van der Waals surface area contributed by atoms with E-state index < -0.39 is 47.9 Å². The third-order valence-electron chi connectivity index (χ3n) is 5.50. The number of hydrogen-bond acceptors (Lipinski definition) is 6. The molecule has 0 aromatic heterocycles. The first kappa shape index (κ1) is 29.9. The number of carbonyl (C=O) groups is 4. The second-order valence-corrected chi connectivity index (χ2v) is 9.90. The van der Waals surface area contributed by atoms with Crippen molar-refractivity contribution in [2.45, 2.75) is 58.7 Å².